The zero-order chi connectivity index (χ0) is 21.5. The lowest BCUT2D eigenvalue weighted by molar-refractivity contribution is -0.137. The number of carbonyl (C=O) groups is 2. The molecule has 1 N–H and O–H groups in total. The molecule has 1 aliphatic heterocycles. The molecule has 0 saturated carbocycles. The van der Waals surface area contributed by atoms with E-state index in [0.717, 1.165) is 35.2 Å². The number of hydrogen-bond donors (Lipinski definition) is 1. The summed E-state index contributed by atoms with van der Waals surface area (Å²) >= 11 is 0. The molecule has 30 heavy (non-hydrogen) atoms. The van der Waals surface area contributed by atoms with E-state index < -0.39 is 0 Å². The molecular weight excluding hydrogens is 376 g/mol. The predicted molar refractivity (Wildman–Crippen MR) is 120 cm³/mol. The Morgan fingerprint density at radius 2 is 1.67 bits per heavy atom. The molecular formula is C25H30N2O3. The van der Waals surface area contributed by atoms with Crippen LogP contribution in [0.15, 0.2) is 54.2 Å². The largest absolute Gasteiger partial charge is 0.381 e. The predicted octanol–water partition coefficient (Wildman–Crippen LogP) is 4.70. The quantitative estimate of drug-likeness (QED) is 0.459. The van der Waals surface area contributed by atoms with Gasteiger partial charge < -0.3 is 10.1 Å². The van der Waals surface area contributed by atoms with E-state index in [-0.39, 0.29) is 11.8 Å². The molecule has 0 saturated heterocycles. The molecule has 0 aliphatic carbocycles. The smallest absolute Gasteiger partial charge is 0.278 e. The second kappa shape index (κ2) is 10.2. The molecule has 2 amide bonds. The maximum atomic E-state index is 13.2. The van der Waals surface area contributed by atoms with Gasteiger partial charge in [-0.2, -0.15) is 0 Å². The minimum atomic E-state index is -0.285. The molecule has 0 unspecified atom stereocenters. The van der Waals surface area contributed by atoms with Crippen molar-refractivity contribution in [3.63, 3.8) is 0 Å². The summed E-state index contributed by atoms with van der Waals surface area (Å²) < 4.78 is 5.59. The third kappa shape index (κ3) is 4.97. The average Bonchev–Trinajstić information content (AvgIpc) is 2.97. The minimum Gasteiger partial charge on any atom is -0.381 e. The summed E-state index contributed by atoms with van der Waals surface area (Å²) in [6, 6.07) is 15.4. The van der Waals surface area contributed by atoms with Crippen LogP contribution in [0.25, 0.3) is 5.57 Å². The molecule has 0 atom stereocenters. The summed E-state index contributed by atoms with van der Waals surface area (Å²) in [5.74, 6) is -0.542. The third-order valence-corrected chi connectivity index (χ3v) is 5.18. The highest BCUT2D eigenvalue weighted by molar-refractivity contribution is 6.36. The lowest BCUT2D eigenvalue weighted by atomic mass is 10.0. The number of unbranched alkanes of at least 4 members (excludes halogenated alkanes) is 1. The summed E-state index contributed by atoms with van der Waals surface area (Å²) in [6.07, 6.45) is 2.73. The fraction of sp³-hybridized carbons (Fsp3) is 0.360. The topological polar surface area (TPSA) is 58.6 Å². The van der Waals surface area contributed by atoms with Crippen molar-refractivity contribution < 1.29 is 14.3 Å². The molecule has 2 aromatic rings. The van der Waals surface area contributed by atoms with Crippen LogP contribution < -0.4 is 5.32 Å². The minimum absolute atomic E-state index is 0.257. The van der Waals surface area contributed by atoms with Crippen molar-refractivity contribution in [2.75, 3.05) is 25.1 Å². The van der Waals surface area contributed by atoms with E-state index in [4.69, 9.17) is 4.74 Å². The number of anilines is 1. The van der Waals surface area contributed by atoms with E-state index >= 15 is 0 Å². The Hall–Kier alpha value is -2.92. The van der Waals surface area contributed by atoms with Crippen LogP contribution in [0, 0.1) is 13.8 Å². The van der Waals surface area contributed by atoms with Crippen LogP contribution >= 0.6 is 0 Å². The van der Waals surface area contributed by atoms with Crippen LogP contribution in [0.4, 0.5) is 5.69 Å². The molecule has 0 aromatic heterocycles. The highest BCUT2D eigenvalue weighted by Crippen LogP contribution is 2.31. The van der Waals surface area contributed by atoms with Crippen molar-refractivity contribution in [2.45, 2.75) is 40.0 Å². The van der Waals surface area contributed by atoms with E-state index in [0.29, 0.717) is 37.4 Å². The maximum Gasteiger partial charge on any atom is 0.278 e. The van der Waals surface area contributed by atoms with Gasteiger partial charge in [0.25, 0.3) is 11.8 Å². The van der Waals surface area contributed by atoms with Gasteiger partial charge in [-0.05, 0) is 43.9 Å². The van der Waals surface area contributed by atoms with Crippen LogP contribution in [-0.2, 0) is 14.3 Å². The van der Waals surface area contributed by atoms with Gasteiger partial charge in [0.2, 0.25) is 0 Å². The van der Waals surface area contributed by atoms with Crippen LogP contribution in [0.1, 0.15) is 42.9 Å². The molecule has 5 nitrogen and oxygen atoms in total. The van der Waals surface area contributed by atoms with Gasteiger partial charge in [-0.3, -0.25) is 14.5 Å². The summed E-state index contributed by atoms with van der Waals surface area (Å²) in [7, 11) is 0. The zero-order valence-corrected chi connectivity index (χ0v) is 18.0. The SMILES string of the molecule is CCCCOCCCN1C(=O)C(Nc2ccc(C)cc2C)=C(c2ccccc2)C1=O. The molecule has 3 rings (SSSR count). The van der Waals surface area contributed by atoms with Crippen LogP contribution in [-0.4, -0.2) is 36.5 Å². The molecule has 5 heteroatoms. The zero-order valence-electron chi connectivity index (χ0n) is 18.0. The van der Waals surface area contributed by atoms with Gasteiger partial charge in [0, 0.05) is 25.4 Å². The number of imide groups is 1. The molecule has 0 radical (unpaired) electrons. The molecule has 1 heterocycles. The third-order valence-electron chi connectivity index (χ3n) is 5.18. The number of aryl methyl sites for hydroxylation is 2. The first-order valence-electron chi connectivity index (χ1n) is 10.6. The van der Waals surface area contributed by atoms with Crippen molar-refractivity contribution in [1.82, 2.24) is 4.90 Å². The van der Waals surface area contributed by atoms with Crippen LogP contribution in [0.3, 0.4) is 0 Å². The van der Waals surface area contributed by atoms with Gasteiger partial charge in [-0.15, -0.1) is 0 Å². The van der Waals surface area contributed by atoms with Gasteiger partial charge >= 0.3 is 0 Å². The molecule has 158 valence electrons. The summed E-state index contributed by atoms with van der Waals surface area (Å²) in [5, 5.41) is 3.25. The number of ether oxygens (including phenoxy) is 1. The van der Waals surface area contributed by atoms with E-state index in [9.17, 15) is 9.59 Å². The molecule has 0 bridgehead atoms. The number of nitrogens with zero attached hydrogens (tertiary/aromatic N) is 1. The molecule has 2 aromatic carbocycles. The number of carbonyl (C=O) groups excluding carboxylic acids is 2. The Morgan fingerprint density at radius 3 is 2.37 bits per heavy atom. The van der Waals surface area contributed by atoms with Gasteiger partial charge in [0.1, 0.15) is 5.70 Å². The van der Waals surface area contributed by atoms with Crippen LogP contribution in [0.5, 0.6) is 0 Å². The normalized spacial score (nSPS) is 14.0. The second-order valence-corrected chi connectivity index (χ2v) is 7.64. The Balaban J connectivity index is 1.82. The number of amides is 2. The lowest BCUT2D eigenvalue weighted by Crippen LogP contribution is -2.34. The van der Waals surface area contributed by atoms with Gasteiger partial charge in [-0.25, -0.2) is 0 Å². The average molecular weight is 407 g/mol. The molecule has 0 spiro atoms. The first-order valence-corrected chi connectivity index (χ1v) is 10.6. The summed E-state index contributed by atoms with van der Waals surface area (Å²) in [5.41, 5.74) is 4.50. The van der Waals surface area contributed by atoms with Crippen molar-refractivity contribution in [3.8, 4) is 0 Å². The second-order valence-electron chi connectivity index (χ2n) is 7.64. The first kappa shape index (κ1) is 21.8. The van der Waals surface area contributed by atoms with E-state index in [2.05, 4.69) is 18.3 Å². The highest BCUT2D eigenvalue weighted by atomic mass is 16.5. The summed E-state index contributed by atoms with van der Waals surface area (Å²) in [6.45, 7) is 7.73. The highest BCUT2D eigenvalue weighted by Gasteiger charge is 2.38. The fourth-order valence-electron chi connectivity index (χ4n) is 3.53. The molecule has 0 fully saturated rings. The molecule has 1 aliphatic rings. The number of benzene rings is 2. The van der Waals surface area contributed by atoms with Crippen molar-refractivity contribution in [2.24, 2.45) is 0 Å². The number of nitrogens with one attached hydrogen (secondary N) is 1. The standard InChI is InChI=1S/C25H30N2O3/c1-4-5-15-30-16-9-14-27-24(28)22(20-10-7-6-8-11-20)23(25(27)29)26-21-13-12-18(2)17-19(21)3/h6-8,10-13,17,26H,4-5,9,14-16H2,1-3H3. The van der Waals surface area contributed by atoms with Crippen molar-refractivity contribution >= 4 is 23.1 Å². The van der Waals surface area contributed by atoms with Gasteiger partial charge in [-0.1, -0.05) is 61.4 Å². The Labute approximate surface area is 178 Å². The summed E-state index contributed by atoms with van der Waals surface area (Å²) in [4.78, 5) is 27.7. The monoisotopic (exact) mass is 406 g/mol. The first-order chi connectivity index (χ1) is 14.5. The maximum absolute atomic E-state index is 13.2. The van der Waals surface area contributed by atoms with Gasteiger partial charge in [0.05, 0.1) is 5.57 Å². The van der Waals surface area contributed by atoms with Crippen LogP contribution in [0.2, 0.25) is 0 Å². The van der Waals surface area contributed by atoms with Crippen molar-refractivity contribution in [3.05, 3.63) is 70.9 Å². The van der Waals surface area contributed by atoms with E-state index in [1.165, 1.54) is 4.90 Å². The van der Waals surface area contributed by atoms with E-state index in [1.807, 2.05) is 56.3 Å². The van der Waals surface area contributed by atoms with Gasteiger partial charge in [0.15, 0.2) is 0 Å². The van der Waals surface area contributed by atoms with Crippen molar-refractivity contribution in [1.29, 1.82) is 0 Å². The van der Waals surface area contributed by atoms with E-state index in [1.54, 1.807) is 0 Å². The lowest BCUT2D eigenvalue weighted by Gasteiger charge is -2.16. The fourth-order valence-corrected chi connectivity index (χ4v) is 3.53. The Morgan fingerprint density at radius 1 is 0.933 bits per heavy atom. The Bertz CT molecular complexity index is 935. The number of hydrogen-bond acceptors (Lipinski definition) is 4. The number of rotatable bonds is 10. The Kier molecular flexibility index (Phi) is 7.41.